The van der Waals surface area contributed by atoms with E-state index in [1.54, 1.807) is 11.8 Å². The number of aromatic nitrogens is 4. The Morgan fingerprint density at radius 2 is 2.29 bits per heavy atom. The number of anilines is 1. The van der Waals surface area contributed by atoms with Crippen molar-refractivity contribution in [2.24, 2.45) is 7.05 Å². The van der Waals surface area contributed by atoms with Gasteiger partial charge in [-0.2, -0.15) is 5.10 Å². The van der Waals surface area contributed by atoms with Gasteiger partial charge in [-0.15, -0.1) is 0 Å². The Morgan fingerprint density at radius 3 is 3.10 bits per heavy atom. The molecule has 21 heavy (non-hydrogen) atoms. The Morgan fingerprint density at radius 1 is 1.43 bits per heavy atom. The summed E-state index contributed by atoms with van der Waals surface area (Å²) in [4.78, 5) is 11.6. The van der Waals surface area contributed by atoms with Crippen LogP contribution in [0.3, 0.4) is 0 Å². The Balaban J connectivity index is 2.00. The van der Waals surface area contributed by atoms with Gasteiger partial charge in [0, 0.05) is 46.4 Å². The summed E-state index contributed by atoms with van der Waals surface area (Å²) >= 11 is 0. The highest BCUT2D eigenvalue weighted by atomic mass is 16.5. The minimum atomic E-state index is 0.386. The van der Waals surface area contributed by atoms with Crippen LogP contribution in [0.2, 0.25) is 0 Å². The number of hydrogen-bond donors (Lipinski definition) is 1. The summed E-state index contributed by atoms with van der Waals surface area (Å²) in [6, 6.07) is 0.386. The molecule has 1 saturated heterocycles. The van der Waals surface area contributed by atoms with Crippen LogP contribution in [-0.2, 0) is 11.8 Å². The van der Waals surface area contributed by atoms with Crippen molar-refractivity contribution in [2.45, 2.75) is 19.4 Å². The molecule has 0 aromatic carbocycles. The first kappa shape index (κ1) is 14.2. The van der Waals surface area contributed by atoms with Crippen LogP contribution in [0.1, 0.15) is 12.2 Å². The molecular formula is C14H22N6O. The highest BCUT2D eigenvalue weighted by molar-refractivity contribution is 5.87. The predicted octanol–water partition coefficient (Wildman–Crippen LogP) is 0.486. The second kappa shape index (κ2) is 5.95. The minimum absolute atomic E-state index is 0.386. The molecule has 0 amide bonds. The Kier molecular flexibility index (Phi) is 4.03. The van der Waals surface area contributed by atoms with E-state index < -0.39 is 0 Å². The molecule has 1 aliphatic rings. The predicted molar refractivity (Wildman–Crippen MR) is 81.5 cm³/mol. The second-order valence-electron chi connectivity index (χ2n) is 5.43. The molecule has 3 rings (SSSR count). The molecule has 0 saturated carbocycles. The summed E-state index contributed by atoms with van der Waals surface area (Å²) in [6.07, 6.45) is 2.84. The van der Waals surface area contributed by atoms with Crippen molar-refractivity contribution >= 4 is 16.9 Å². The monoisotopic (exact) mass is 290 g/mol. The molecule has 1 fully saturated rings. The van der Waals surface area contributed by atoms with Crippen LogP contribution >= 0.6 is 0 Å². The maximum atomic E-state index is 5.24. The van der Waals surface area contributed by atoms with Crippen LogP contribution in [0.15, 0.2) is 6.20 Å². The summed E-state index contributed by atoms with van der Waals surface area (Å²) in [5.41, 5.74) is 0.890. The van der Waals surface area contributed by atoms with E-state index in [0.717, 1.165) is 55.3 Å². The van der Waals surface area contributed by atoms with Gasteiger partial charge in [0.15, 0.2) is 5.65 Å². The molecular weight excluding hydrogens is 268 g/mol. The first-order valence-electron chi connectivity index (χ1n) is 7.33. The highest BCUT2D eigenvalue weighted by Crippen LogP contribution is 2.26. The van der Waals surface area contributed by atoms with E-state index in [9.17, 15) is 0 Å². The first-order valence-corrected chi connectivity index (χ1v) is 7.33. The molecule has 1 aliphatic heterocycles. The van der Waals surface area contributed by atoms with Crippen molar-refractivity contribution in [2.75, 3.05) is 38.3 Å². The summed E-state index contributed by atoms with van der Waals surface area (Å²) in [5, 5.41) is 8.80. The van der Waals surface area contributed by atoms with Crippen molar-refractivity contribution in [1.82, 2.24) is 25.1 Å². The molecule has 0 radical (unpaired) electrons. The average Bonchev–Trinajstić information content (AvgIpc) is 2.86. The number of methoxy groups -OCH3 is 1. The third-order valence-corrected chi connectivity index (χ3v) is 3.96. The summed E-state index contributed by atoms with van der Waals surface area (Å²) in [7, 11) is 3.66. The van der Waals surface area contributed by atoms with Gasteiger partial charge in [-0.1, -0.05) is 0 Å². The fourth-order valence-corrected chi connectivity index (χ4v) is 2.88. The van der Waals surface area contributed by atoms with Gasteiger partial charge in [-0.3, -0.25) is 4.68 Å². The van der Waals surface area contributed by atoms with E-state index in [-0.39, 0.29) is 0 Å². The fourth-order valence-electron chi connectivity index (χ4n) is 2.88. The number of fused-ring (bicyclic) bond motifs is 1. The van der Waals surface area contributed by atoms with Crippen molar-refractivity contribution in [1.29, 1.82) is 0 Å². The van der Waals surface area contributed by atoms with Gasteiger partial charge in [0.1, 0.15) is 11.6 Å². The van der Waals surface area contributed by atoms with Crippen LogP contribution in [-0.4, -0.2) is 59.1 Å². The molecule has 7 heteroatoms. The number of rotatable bonds is 4. The van der Waals surface area contributed by atoms with Crippen LogP contribution < -0.4 is 10.2 Å². The average molecular weight is 290 g/mol. The van der Waals surface area contributed by atoms with E-state index in [1.165, 1.54) is 0 Å². The number of nitrogens with one attached hydrogen (secondary N) is 1. The lowest BCUT2D eigenvalue weighted by molar-refractivity contribution is 0.184. The van der Waals surface area contributed by atoms with Crippen LogP contribution in [0, 0.1) is 6.92 Å². The highest BCUT2D eigenvalue weighted by Gasteiger charge is 2.26. The molecule has 0 aliphatic carbocycles. The Bertz CT molecular complexity index is 625. The van der Waals surface area contributed by atoms with E-state index in [2.05, 4.69) is 25.3 Å². The van der Waals surface area contributed by atoms with E-state index in [1.807, 2.05) is 20.2 Å². The molecule has 1 N–H and O–H groups in total. The summed E-state index contributed by atoms with van der Waals surface area (Å²) in [6.45, 7) is 5.54. The molecule has 1 atom stereocenters. The van der Waals surface area contributed by atoms with Crippen molar-refractivity contribution < 1.29 is 4.74 Å². The maximum absolute atomic E-state index is 5.24. The fraction of sp³-hybridized carbons (Fsp3) is 0.643. The zero-order chi connectivity index (χ0) is 14.8. The van der Waals surface area contributed by atoms with E-state index in [4.69, 9.17) is 4.74 Å². The van der Waals surface area contributed by atoms with Crippen LogP contribution in [0.25, 0.3) is 11.0 Å². The van der Waals surface area contributed by atoms with Gasteiger partial charge in [-0.25, -0.2) is 9.97 Å². The normalized spacial score (nSPS) is 19.4. The van der Waals surface area contributed by atoms with Crippen molar-refractivity contribution in [3.63, 3.8) is 0 Å². The third kappa shape index (κ3) is 2.71. The summed E-state index contributed by atoms with van der Waals surface area (Å²) < 4.78 is 7.05. The minimum Gasteiger partial charge on any atom is -0.385 e. The second-order valence-corrected chi connectivity index (χ2v) is 5.43. The zero-order valence-corrected chi connectivity index (χ0v) is 12.8. The molecule has 7 nitrogen and oxygen atoms in total. The lowest BCUT2D eigenvalue weighted by Crippen LogP contribution is -2.52. The molecule has 0 bridgehead atoms. The van der Waals surface area contributed by atoms with Crippen molar-refractivity contribution in [3.05, 3.63) is 12.0 Å². The van der Waals surface area contributed by atoms with Gasteiger partial charge < -0.3 is 15.0 Å². The van der Waals surface area contributed by atoms with Gasteiger partial charge in [0.2, 0.25) is 0 Å². The molecule has 1 unspecified atom stereocenters. The molecule has 2 aromatic heterocycles. The quantitative estimate of drug-likeness (QED) is 0.884. The smallest absolute Gasteiger partial charge is 0.163 e. The number of aryl methyl sites for hydroxylation is 2. The van der Waals surface area contributed by atoms with Gasteiger partial charge in [-0.05, 0) is 13.3 Å². The number of nitrogens with zero attached hydrogens (tertiary/aromatic N) is 5. The first-order chi connectivity index (χ1) is 10.2. The van der Waals surface area contributed by atoms with Crippen LogP contribution in [0.4, 0.5) is 5.82 Å². The topological polar surface area (TPSA) is 68.1 Å². The number of ether oxygens (including phenoxy) is 1. The Hall–Kier alpha value is -1.73. The van der Waals surface area contributed by atoms with Crippen LogP contribution in [0.5, 0.6) is 0 Å². The molecule has 0 spiro atoms. The van der Waals surface area contributed by atoms with Gasteiger partial charge in [0.05, 0.1) is 11.6 Å². The molecule has 2 aromatic rings. The maximum Gasteiger partial charge on any atom is 0.163 e. The van der Waals surface area contributed by atoms with E-state index >= 15 is 0 Å². The lowest BCUT2D eigenvalue weighted by Gasteiger charge is -2.37. The summed E-state index contributed by atoms with van der Waals surface area (Å²) in [5.74, 6) is 1.78. The van der Waals surface area contributed by atoms with Gasteiger partial charge in [0.25, 0.3) is 0 Å². The standard InChI is InChI=1S/C14H22N6O/c1-10-17-13-12(9-16-19(13)2)14(18-10)20-6-5-15-8-11(20)4-7-21-3/h9,11,15H,4-8H2,1-3H3. The number of hydrogen-bond acceptors (Lipinski definition) is 6. The SMILES string of the molecule is COCCC1CNCCN1c1nc(C)nc2c1cnn2C. The van der Waals surface area contributed by atoms with E-state index in [0.29, 0.717) is 6.04 Å². The zero-order valence-electron chi connectivity index (χ0n) is 12.8. The largest absolute Gasteiger partial charge is 0.385 e. The third-order valence-electron chi connectivity index (χ3n) is 3.96. The van der Waals surface area contributed by atoms with Crippen molar-refractivity contribution in [3.8, 4) is 0 Å². The number of piperazine rings is 1. The van der Waals surface area contributed by atoms with Gasteiger partial charge >= 0.3 is 0 Å². The Labute approximate surface area is 124 Å². The lowest BCUT2D eigenvalue weighted by atomic mass is 10.1. The molecule has 3 heterocycles. The molecule has 114 valence electrons.